The molecule has 0 saturated heterocycles. The number of ether oxygens (including phenoxy) is 2. The smallest absolute Gasteiger partial charge is 0.341 e. The van der Waals surface area contributed by atoms with Gasteiger partial charge in [-0.2, -0.15) is 0 Å². The number of aromatic nitrogens is 1. The van der Waals surface area contributed by atoms with E-state index in [1.54, 1.807) is 6.92 Å². The molecule has 0 saturated carbocycles. The summed E-state index contributed by atoms with van der Waals surface area (Å²) in [4.78, 5) is 33.4. The molecule has 7 nitrogen and oxygen atoms in total. The van der Waals surface area contributed by atoms with Crippen molar-refractivity contribution in [3.63, 3.8) is 0 Å². The van der Waals surface area contributed by atoms with Gasteiger partial charge in [0.05, 0.1) is 22.4 Å². The minimum Gasteiger partial charge on any atom is -0.462 e. The third kappa shape index (κ3) is 5.37. The molecule has 0 bridgehead atoms. The molecule has 0 unspecified atom stereocenters. The van der Waals surface area contributed by atoms with Crippen molar-refractivity contribution in [3.05, 3.63) is 76.2 Å². The summed E-state index contributed by atoms with van der Waals surface area (Å²) < 4.78 is 12.0. The number of hydrogen-bond acceptors (Lipinski definition) is 8. The maximum Gasteiger partial charge on any atom is 0.341 e. The molecule has 3 heterocycles. The predicted octanol–water partition coefficient (Wildman–Crippen LogP) is 5.11. The Morgan fingerprint density at radius 3 is 2.69 bits per heavy atom. The lowest BCUT2D eigenvalue weighted by atomic mass is 10.0. The van der Waals surface area contributed by atoms with Gasteiger partial charge in [0.1, 0.15) is 5.00 Å². The molecule has 2 aromatic heterocycles. The third-order valence-electron chi connectivity index (χ3n) is 5.72. The van der Waals surface area contributed by atoms with Gasteiger partial charge in [-0.05, 0) is 36.6 Å². The minimum atomic E-state index is -0.399. The van der Waals surface area contributed by atoms with Crippen LogP contribution in [-0.2, 0) is 29.0 Å². The molecular formula is C26H25N3O4S2. The highest BCUT2D eigenvalue weighted by molar-refractivity contribution is 7.20. The lowest BCUT2D eigenvalue weighted by Gasteiger charge is -2.27. The van der Waals surface area contributed by atoms with Gasteiger partial charge in [0, 0.05) is 24.5 Å². The van der Waals surface area contributed by atoms with Gasteiger partial charge in [-0.25, -0.2) is 9.78 Å². The number of carbonyl (C=O) groups is 2. The molecule has 0 radical (unpaired) electrons. The fourth-order valence-corrected chi connectivity index (χ4v) is 6.25. The highest BCUT2D eigenvalue weighted by Crippen LogP contribution is 2.38. The normalized spacial score (nSPS) is 13.4. The number of benzene rings is 2. The van der Waals surface area contributed by atoms with Crippen LogP contribution >= 0.6 is 22.7 Å². The van der Waals surface area contributed by atoms with Crippen molar-refractivity contribution in [2.24, 2.45) is 0 Å². The van der Waals surface area contributed by atoms with Gasteiger partial charge in [0.2, 0.25) is 0 Å². The van der Waals surface area contributed by atoms with E-state index in [0.29, 0.717) is 15.8 Å². The van der Waals surface area contributed by atoms with Gasteiger partial charge >= 0.3 is 5.97 Å². The Labute approximate surface area is 211 Å². The van der Waals surface area contributed by atoms with E-state index in [1.807, 2.05) is 42.5 Å². The van der Waals surface area contributed by atoms with Crippen molar-refractivity contribution in [2.75, 3.05) is 25.1 Å². The Hall–Kier alpha value is -3.27. The highest BCUT2D eigenvalue weighted by atomic mass is 32.1. The van der Waals surface area contributed by atoms with Crippen LogP contribution in [0.25, 0.3) is 10.2 Å². The first-order valence-electron chi connectivity index (χ1n) is 11.5. The van der Waals surface area contributed by atoms with Gasteiger partial charge in [-0.15, -0.1) is 11.3 Å². The fraction of sp³-hybridized carbons (Fsp3) is 0.269. The van der Waals surface area contributed by atoms with Gasteiger partial charge in [-0.1, -0.05) is 53.8 Å². The maximum absolute atomic E-state index is 12.8. The molecule has 0 atom stereocenters. The number of carbonyl (C=O) groups excluding carboxylic acids is 2. The van der Waals surface area contributed by atoms with E-state index in [-0.39, 0.29) is 19.1 Å². The van der Waals surface area contributed by atoms with E-state index in [2.05, 4.69) is 27.3 Å². The largest absolute Gasteiger partial charge is 0.462 e. The Morgan fingerprint density at radius 1 is 1.09 bits per heavy atom. The summed E-state index contributed by atoms with van der Waals surface area (Å²) in [6.07, 6.45) is 0.727. The molecule has 9 heteroatoms. The van der Waals surface area contributed by atoms with Gasteiger partial charge in [0.25, 0.3) is 11.1 Å². The first-order chi connectivity index (χ1) is 17.1. The predicted molar refractivity (Wildman–Crippen MR) is 138 cm³/mol. The number of nitrogens with zero attached hydrogens (tertiary/aromatic N) is 2. The Kier molecular flexibility index (Phi) is 7.08. The van der Waals surface area contributed by atoms with E-state index in [1.165, 1.54) is 28.2 Å². The summed E-state index contributed by atoms with van der Waals surface area (Å²) in [5.41, 5.74) is 3.53. The number of hydrogen-bond donors (Lipinski definition) is 1. The van der Waals surface area contributed by atoms with Crippen LogP contribution in [0, 0.1) is 0 Å². The van der Waals surface area contributed by atoms with Crippen LogP contribution in [0.4, 0.5) is 5.00 Å². The number of nitrogens with one attached hydrogen (secondary N) is 1. The summed E-state index contributed by atoms with van der Waals surface area (Å²) in [6, 6.07) is 18.0. The van der Waals surface area contributed by atoms with E-state index >= 15 is 0 Å². The topological polar surface area (TPSA) is 80.8 Å². The summed E-state index contributed by atoms with van der Waals surface area (Å²) in [5.74, 6) is -0.738. The number of thiophene rings is 1. The molecule has 180 valence electrons. The first kappa shape index (κ1) is 23.5. The Morgan fingerprint density at radius 2 is 1.89 bits per heavy atom. The van der Waals surface area contributed by atoms with E-state index in [9.17, 15) is 9.59 Å². The summed E-state index contributed by atoms with van der Waals surface area (Å²) in [5, 5.41) is 3.85. The molecule has 1 N–H and O–H groups in total. The van der Waals surface area contributed by atoms with Crippen LogP contribution in [-0.4, -0.2) is 41.5 Å². The zero-order valence-corrected chi connectivity index (χ0v) is 20.9. The highest BCUT2D eigenvalue weighted by Gasteiger charge is 2.29. The number of para-hydroxylation sites is 1. The fourth-order valence-electron chi connectivity index (χ4n) is 4.14. The molecule has 1 aliphatic rings. The lowest BCUT2D eigenvalue weighted by molar-refractivity contribution is -0.118. The van der Waals surface area contributed by atoms with Crippen molar-refractivity contribution in [2.45, 2.75) is 26.4 Å². The average Bonchev–Trinajstić information content (AvgIpc) is 3.44. The van der Waals surface area contributed by atoms with Crippen LogP contribution in [0.3, 0.4) is 0 Å². The number of rotatable bonds is 8. The molecular weight excluding hydrogens is 482 g/mol. The summed E-state index contributed by atoms with van der Waals surface area (Å²) in [6.45, 7) is 4.26. The lowest BCUT2D eigenvalue weighted by Crippen LogP contribution is -2.30. The van der Waals surface area contributed by atoms with Crippen LogP contribution in [0.5, 0.6) is 5.19 Å². The molecule has 1 amide bonds. The quantitative estimate of drug-likeness (QED) is 0.334. The SMILES string of the molecule is CCOC(=O)c1c(NC(=O)COc2nc3ccccc3s2)sc2c1CCN(Cc1ccccc1)C2. The van der Waals surface area contributed by atoms with Crippen LogP contribution in [0.1, 0.15) is 33.3 Å². The van der Waals surface area contributed by atoms with Gasteiger partial charge in [0.15, 0.2) is 6.61 Å². The summed E-state index contributed by atoms with van der Waals surface area (Å²) >= 11 is 2.83. The Bertz CT molecular complexity index is 1320. The van der Waals surface area contributed by atoms with Crippen LogP contribution in [0.15, 0.2) is 54.6 Å². The van der Waals surface area contributed by atoms with E-state index < -0.39 is 5.97 Å². The number of fused-ring (bicyclic) bond motifs is 2. The molecule has 5 rings (SSSR count). The first-order valence-corrected chi connectivity index (χ1v) is 13.1. The van der Waals surface area contributed by atoms with Crippen LogP contribution in [0.2, 0.25) is 0 Å². The van der Waals surface area contributed by atoms with E-state index in [0.717, 1.165) is 46.7 Å². The van der Waals surface area contributed by atoms with Crippen molar-refractivity contribution < 1.29 is 19.1 Å². The zero-order valence-electron chi connectivity index (χ0n) is 19.3. The maximum atomic E-state index is 12.8. The molecule has 35 heavy (non-hydrogen) atoms. The Balaban J connectivity index is 1.30. The van der Waals surface area contributed by atoms with Crippen molar-refractivity contribution in [3.8, 4) is 5.19 Å². The third-order valence-corrected chi connectivity index (χ3v) is 7.80. The monoisotopic (exact) mass is 507 g/mol. The average molecular weight is 508 g/mol. The molecule has 4 aromatic rings. The molecule has 2 aromatic carbocycles. The molecule has 0 fully saturated rings. The number of thiazole rings is 1. The van der Waals surface area contributed by atoms with Gasteiger partial charge in [-0.3, -0.25) is 9.69 Å². The van der Waals surface area contributed by atoms with Crippen LogP contribution < -0.4 is 10.1 Å². The van der Waals surface area contributed by atoms with E-state index in [4.69, 9.17) is 9.47 Å². The number of amides is 1. The van der Waals surface area contributed by atoms with Crippen molar-refractivity contribution in [1.29, 1.82) is 0 Å². The molecule has 1 aliphatic heterocycles. The zero-order chi connectivity index (χ0) is 24.2. The molecule has 0 spiro atoms. The number of anilines is 1. The summed E-state index contributed by atoms with van der Waals surface area (Å²) in [7, 11) is 0. The molecule has 0 aliphatic carbocycles. The van der Waals surface area contributed by atoms with Crippen molar-refractivity contribution >= 4 is 49.8 Å². The minimum absolute atomic E-state index is 0.190. The number of esters is 1. The standard InChI is InChI=1S/C26H25N3O4S2/c1-2-32-25(31)23-18-12-13-29(14-17-8-4-3-5-9-17)15-21(18)34-24(23)28-22(30)16-33-26-27-19-10-6-7-11-20(19)35-26/h3-11H,2,12-16H2,1H3,(H,28,30). The van der Waals surface area contributed by atoms with Gasteiger partial charge < -0.3 is 14.8 Å². The second-order valence-electron chi connectivity index (χ2n) is 8.16. The second kappa shape index (κ2) is 10.6. The second-order valence-corrected chi connectivity index (χ2v) is 10.3. The van der Waals surface area contributed by atoms with Crippen molar-refractivity contribution in [1.82, 2.24) is 9.88 Å².